The number of hydrogen-bond donors (Lipinski definition) is 1. The molecule has 3 aliphatic heterocycles. The predicted molar refractivity (Wildman–Crippen MR) is 122 cm³/mol. The Morgan fingerprint density at radius 1 is 1.11 bits per heavy atom. The molecule has 28 heavy (non-hydrogen) atoms. The maximum Gasteiger partial charge on any atom is 0.193 e. The molecule has 0 aliphatic carbocycles. The third kappa shape index (κ3) is 4.98. The fraction of sp³-hybridized carbons (Fsp3) is 0.667. The van der Waals surface area contributed by atoms with E-state index in [9.17, 15) is 0 Å². The SMILES string of the molecule is CN=C(NCC(c1ccccc1)N1CCOCC1)N1CCC2(CCOC2)C1.I. The highest BCUT2D eigenvalue weighted by Gasteiger charge is 2.42. The lowest BCUT2D eigenvalue weighted by molar-refractivity contribution is 0.0169. The maximum absolute atomic E-state index is 5.67. The van der Waals surface area contributed by atoms with E-state index in [1.807, 2.05) is 7.05 Å². The average molecular weight is 500 g/mol. The third-order valence-corrected chi connectivity index (χ3v) is 6.26. The van der Waals surface area contributed by atoms with Crippen LogP contribution in [-0.2, 0) is 9.47 Å². The monoisotopic (exact) mass is 500 g/mol. The summed E-state index contributed by atoms with van der Waals surface area (Å²) in [7, 11) is 1.89. The second-order valence-corrected chi connectivity index (χ2v) is 7.98. The molecule has 1 spiro atoms. The van der Waals surface area contributed by atoms with E-state index in [0.717, 1.165) is 65.1 Å². The second kappa shape index (κ2) is 10.2. The van der Waals surface area contributed by atoms with Crippen molar-refractivity contribution >= 4 is 29.9 Å². The number of hydrogen-bond acceptors (Lipinski definition) is 4. The molecule has 0 radical (unpaired) electrons. The van der Waals surface area contributed by atoms with E-state index in [0.29, 0.717) is 11.5 Å². The minimum atomic E-state index is 0. The van der Waals surface area contributed by atoms with Gasteiger partial charge in [0.1, 0.15) is 0 Å². The molecule has 0 bridgehead atoms. The van der Waals surface area contributed by atoms with Crippen LogP contribution < -0.4 is 5.32 Å². The van der Waals surface area contributed by atoms with Gasteiger partial charge >= 0.3 is 0 Å². The Bertz CT molecular complexity index is 631. The van der Waals surface area contributed by atoms with Crippen LogP contribution in [0, 0.1) is 5.41 Å². The van der Waals surface area contributed by atoms with Gasteiger partial charge in [-0.25, -0.2) is 0 Å². The first kappa shape index (κ1) is 21.8. The van der Waals surface area contributed by atoms with Crippen molar-refractivity contribution in [2.75, 3.05) is 66.2 Å². The van der Waals surface area contributed by atoms with Crippen LogP contribution in [-0.4, -0.2) is 82.0 Å². The first-order valence-corrected chi connectivity index (χ1v) is 10.2. The zero-order valence-electron chi connectivity index (χ0n) is 16.8. The molecule has 2 unspecified atom stereocenters. The Labute approximate surface area is 185 Å². The van der Waals surface area contributed by atoms with Crippen molar-refractivity contribution in [1.29, 1.82) is 0 Å². The molecule has 3 saturated heterocycles. The predicted octanol–water partition coefficient (Wildman–Crippen LogP) is 2.37. The van der Waals surface area contributed by atoms with Gasteiger partial charge in [-0.1, -0.05) is 30.3 Å². The lowest BCUT2D eigenvalue weighted by atomic mass is 9.87. The number of nitrogens with zero attached hydrogens (tertiary/aromatic N) is 3. The van der Waals surface area contributed by atoms with Crippen molar-refractivity contribution in [1.82, 2.24) is 15.1 Å². The Kier molecular flexibility index (Phi) is 7.96. The Balaban J connectivity index is 0.00000225. The molecule has 3 heterocycles. The van der Waals surface area contributed by atoms with E-state index in [1.165, 1.54) is 18.4 Å². The minimum Gasteiger partial charge on any atom is -0.381 e. The molecule has 1 N–H and O–H groups in total. The summed E-state index contributed by atoms with van der Waals surface area (Å²) in [5.74, 6) is 1.02. The number of guanidine groups is 1. The van der Waals surface area contributed by atoms with Gasteiger partial charge in [-0.3, -0.25) is 9.89 Å². The van der Waals surface area contributed by atoms with Gasteiger partial charge in [-0.05, 0) is 18.4 Å². The second-order valence-electron chi connectivity index (χ2n) is 7.98. The fourth-order valence-corrected chi connectivity index (χ4v) is 4.63. The highest BCUT2D eigenvalue weighted by Crippen LogP contribution is 2.38. The summed E-state index contributed by atoms with van der Waals surface area (Å²) in [6, 6.07) is 11.1. The van der Waals surface area contributed by atoms with Crippen LogP contribution in [0.2, 0.25) is 0 Å². The Morgan fingerprint density at radius 3 is 2.57 bits per heavy atom. The molecule has 6 nitrogen and oxygen atoms in total. The van der Waals surface area contributed by atoms with Crippen molar-refractivity contribution < 1.29 is 9.47 Å². The lowest BCUT2D eigenvalue weighted by Gasteiger charge is -2.36. The summed E-state index contributed by atoms with van der Waals surface area (Å²) in [5, 5.41) is 3.67. The van der Waals surface area contributed by atoms with Crippen molar-refractivity contribution in [2.24, 2.45) is 10.4 Å². The number of benzene rings is 1. The average Bonchev–Trinajstić information content (AvgIpc) is 3.37. The molecule has 0 amide bonds. The van der Waals surface area contributed by atoms with E-state index >= 15 is 0 Å². The van der Waals surface area contributed by atoms with Gasteiger partial charge in [0, 0.05) is 51.8 Å². The summed E-state index contributed by atoms with van der Waals surface area (Å²) >= 11 is 0. The molecule has 3 fully saturated rings. The van der Waals surface area contributed by atoms with Gasteiger partial charge in [0.2, 0.25) is 0 Å². The summed E-state index contributed by atoms with van der Waals surface area (Å²) in [5.41, 5.74) is 1.70. The summed E-state index contributed by atoms with van der Waals surface area (Å²) in [6.45, 7) is 8.37. The fourth-order valence-electron chi connectivity index (χ4n) is 4.63. The number of rotatable bonds is 4. The zero-order chi connectivity index (χ0) is 18.5. The molecule has 0 saturated carbocycles. The number of morpholine rings is 1. The van der Waals surface area contributed by atoms with Gasteiger partial charge in [-0.15, -0.1) is 24.0 Å². The van der Waals surface area contributed by atoms with Crippen LogP contribution in [0.3, 0.4) is 0 Å². The van der Waals surface area contributed by atoms with Gasteiger partial charge in [0.05, 0.1) is 25.9 Å². The quantitative estimate of drug-likeness (QED) is 0.391. The third-order valence-electron chi connectivity index (χ3n) is 6.26. The summed E-state index contributed by atoms with van der Waals surface area (Å²) in [6.07, 6.45) is 2.39. The number of ether oxygens (including phenoxy) is 2. The molecule has 3 aliphatic rings. The van der Waals surface area contributed by atoms with Gasteiger partial charge in [0.15, 0.2) is 5.96 Å². The van der Waals surface area contributed by atoms with Crippen molar-refractivity contribution in [3.8, 4) is 0 Å². The normalized spacial score (nSPS) is 27.0. The van der Waals surface area contributed by atoms with E-state index in [1.54, 1.807) is 0 Å². The minimum absolute atomic E-state index is 0. The van der Waals surface area contributed by atoms with E-state index < -0.39 is 0 Å². The highest BCUT2D eigenvalue weighted by molar-refractivity contribution is 14.0. The molecule has 156 valence electrons. The van der Waals surface area contributed by atoms with Crippen LogP contribution in [0.15, 0.2) is 35.3 Å². The largest absolute Gasteiger partial charge is 0.381 e. The maximum atomic E-state index is 5.67. The number of aliphatic imine (C=N–C) groups is 1. The van der Waals surface area contributed by atoms with Crippen LogP contribution in [0.1, 0.15) is 24.4 Å². The molecule has 2 atom stereocenters. The zero-order valence-corrected chi connectivity index (χ0v) is 19.1. The summed E-state index contributed by atoms with van der Waals surface area (Å²) in [4.78, 5) is 9.52. The smallest absolute Gasteiger partial charge is 0.193 e. The Hall–Kier alpha value is -0.900. The van der Waals surface area contributed by atoms with E-state index in [4.69, 9.17) is 9.47 Å². The molecular formula is C21H33IN4O2. The first-order chi connectivity index (χ1) is 13.3. The van der Waals surface area contributed by atoms with Crippen LogP contribution in [0.25, 0.3) is 0 Å². The van der Waals surface area contributed by atoms with E-state index in [-0.39, 0.29) is 24.0 Å². The number of nitrogens with one attached hydrogen (secondary N) is 1. The summed E-state index contributed by atoms with van der Waals surface area (Å²) < 4.78 is 11.2. The molecule has 1 aromatic rings. The van der Waals surface area contributed by atoms with Crippen LogP contribution in [0.5, 0.6) is 0 Å². The molecular weight excluding hydrogens is 467 g/mol. The first-order valence-electron chi connectivity index (χ1n) is 10.2. The van der Waals surface area contributed by atoms with Crippen molar-refractivity contribution in [3.63, 3.8) is 0 Å². The highest BCUT2D eigenvalue weighted by atomic mass is 127. The van der Waals surface area contributed by atoms with Crippen LogP contribution in [0.4, 0.5) is 0 Å². The molecule has 7 heteroatoms. The number of likely N-dealkylation sites (tertiary alicyclic amines) is 1. The van der Waals surface area contributed by atoms with E-state index in [2.05, 4.69) is 50.4 Å². The molecule has 0 aromatic heterocycles. The molecule has 4 rings (SSSR count). The van der Waals surface area contributed by atoms with Crippen molar-refractivity contribution in [2.45, 2.75) is 18.9 Å². The molecule has 1 aromatic carbocycles. The van der Waals surface area contributed by atoms with Gasteiger partial charge in [0.25, 0.3) is 0 Å². The lowest BCUT2D eigenvalue weighted by Crippen LogP contribution is -2.47. The van der Waals surface area contributed by atoms with Gasteiger partial charge < -0.3 is 19.7 Å². The van der Waals surface area contributed by atoms with Gasteiger partial charge in [-0.2, -0.15) is 0 Å². The van der Waals surface area contributed by atoms with Crippen LogP contribution >= 0.6 is 24.0 Å². The Morgan fingerprint density at radius 2 is 1.89 bits per heavy atom. The van der Waals surface area contributed by atoms with Crippen molar-refractivity contribution in [3.05, 3.63) is 35.9 Å². The standard InChI is InChI=1S/C21H32N4O2.HI/c1-22-20(25-9-7-21(16-25)8-12-27-17-21)23-15-19(18-5-3-2-4-6-18)24-10-13-26-14-11-24;/h2-6,19H,7-17H2,1H3,(H,22,23);1H. The topological polar surface area (TPSA) is 49.3 Å². The number of halogens is 1.